The normalized spacial score (nSPS) is 9.96. The van der Waals surface area contributed by atoms with Gasteiger partial charge in [-0.15, -0.1) is 22.7 Å². The molecule has 0 saturated heterocycles. The molecule has 0 aliphatic heterocycles. The molecule has 0 aromatic carbocycles. The number of hydrogen-bond donors (Lipinski definition) is 3. The van der Waals surface area contributed by atoms with Crippen LogP contribution in [0.2, 0.25) is 0 Å². The largest absolute Gasteiger partial charge is 1.00 e. The Bertz CT molecular complexity index is 1030. The van der Waals surface area contributed by atoms with Crippen LogP contribution in [0.15, 0.2) is 24.3 Å². The van der Waals surface area contributed by atoms with Gasteiger partial charge in [0, 0.05) is 9.75 Å². The Balaban J connectivity index is 0.000000264. The number of rotatable bonds is 3. The van der Waals surface area contributed by atoms with Crippen molar-refractivity contribution in [2.45, 2.75) is 20.8 Å². The molecule has 4 N–H and O–H groups in total. The van der Waals surface area contributed by atoms with Crippen LogP contribution in [0, 0.1) is 13.8 Å². The van der Waals surface area contributed by atoms with Crippen LogP contribution in [0.5, 0.6) is 0 Å². The molecule has 0 atom stereocenters. The van der Waals surface area contributed by atoms with Crippen molar-refractivity contribution in [3.8, 4) is 0 Å². The number of hydrogen-bond acceptors (Lipinski definition) is 6. The minimum atomic E-state index is -0.906. The van der Waals surface area contributed by atoms with E-state index < -0.39 is 5.97 Å². The summed E-state index contributed by atoms with van der Waals surface area (Å²) in [7, 11) is 0. The third-order valence-electron chi connectivity index (χ3n) is 3.58. The van der Waals surface area contributed by atoms with Crippen molar-refractivity contribution in [1.82, 2.24) is 9.97 Å². The van der Waals surface area contributed by atoms with Crippen molar-refractivity contribution < 1.29 is 54.5 Å². The molecule has 4 heterocycles. The minimum absolute atomic E-state index is 0. The van der Waals surface area contributed by atoms with E-state index in [0.717, 1.165) is 20.4 Å². The first kappa shape index (κ1) is 24.4. The van der Waals surface area contributed by atoms with E-state index in [0.29, 0.717) is 12.3 Å². The molecule has 0 amide bonds. The molecule has 4 aromatic rings. The molecule has 0 aliphatic rings. The SMILES string of the molecule is CCOC(=O)c1cc2sc(C)cc2[nH]1.Cc1cc2[nH]c(C(=O)O)cc2s1.[Na+].[OH-]. The Labute approximate surface area is 191 Å². The van der Waals surface area contributed by atoms with Gasteiger partial charge in [0.1, 0.15) is 11.4 Å². The van der Waals surface area contributed by atoms with E-state index in [-0.39, 0.29) is 46.7 Å². The fourth-order valence-corrected chi connectivity index (χ4v) is 4.37. The van der Waals surface area contributed by atoms with Gasteiger partial charge in [-0.05, 0) is 45.0 Å². The summed E-state index contributed by atoms with van der Waals surface area (Å²) in [5.41, 5.74) is 2.72. The maximum Gasteiger partial charge on any atom is 1.00 e. The van der Waals surface area contributed by atoms with Gasteiger partial charge >= 0.3 is 41.5 Å². The van der Waals surface area contributed by atoms with Crippen LogP contribution in [0.3, 0.4) is 0 Å². The second kappa shape index (κ2) is 10.2. The quantitative estimate of drug-likeness (QED) is 0.337. The topological polar surface area (TPSA) is 125 Å². The van der Waals surface area contributed by atoms with Gasteiger partial charge < -0.3 is 25.3 Å². The Kier molecular flexibility index (Phi) is 8.93. The number of nitrogens with one attached hydrogen (secondary N) is 2. The van der Waals surface area contributed by atoms with Crippen LogP contribution >= 0.6 is 22.7 Å². The van der Waals surface area contributed by atoms with E-state index in [1.807, 2.05) is 32.0 Å². The van der Waals surface area contributed by atoms with Crippen molar-refractivity contribution >= 4 is 55.0 Å². The molecular weight excluding hydrogens is 411 g/mol. The second-order valence-corrected chi connectivity index (χ2v) is 8.24. The maximum absolute atomic E-state index is 11.3. The molecule has 28 heavy (non-hydrogen) atoms. The van der Waals surface area contributed by atoms with Gasteiger partial charge in [-0.2, -0.15) is 0 Å². The number of aryl methyl sites for hydroxylation is 2. The zero-order chi connectivity index (χ0) is 18.8. The van der Waals surface area contributed by atoms with E-state index in [4.69, 9.17) is 9.84 Å². The summed E-state index contributed by atoms with van der Waals surface area (Å²) in [4.78, 5) is 30.2. The van der Waals surface area contributed by atoms with Crippen LogP contribution in [-0.2, 0) is 4.74 Å². The number of ether oxygens (including phenoxy) is 1. The summed E-state index contributed by atoms with van der Waals surface area (Å²) in [6.07, 6.45) is 0. The number of carboxylic acids is 1. The smallest absolute Gasteiger partial charge is 0.870 e. The van der Waals surface area contributed by atoms with Crippen molar-refractivity contribution in [2.24, 2.45) is 0 Å². The predicted molar refractivity (Wildman–Crippen MR) is 107 cm³/mol. The molecule has 4 aromatic heterocycles. The fraction of sp³-hybridized carbons (Fsp3) is 0.222. The van der Waals surface area contributed by atoms with Crippen molar-refractivity contribution in [3.63, 3.8) is 0 Å². The van der Waals surface area contributed by atoms with Gasteiger partial charge in [0.25, 0.3) is 0 Å². The number of thiophene rings is 2. The summed E-state index contributed by atoms with van der Waals surface area (Å²) in [5, 5.41) is 8.65. The fourth-order valence-electron chi connectivity index (χ4n) is 2.53. The standard InChI is InChI=1S/C10H11NO2S.C8H7NO2S.Na.H2O/c1-3-13-10(12)8-5-9-7(11-8)4-6(2)14-9;1-4-2-5-7(12-4)3-6(9-5)8(10)11;;/h4-5,11H,3H2,1-2H3;2-3,9H,1H3,(H,10,11);;1H2/q;;+1;/p-1. The van der Waals surface area contributed by atoms with Crippen LogP contribution in [0.4, 0.5) is 0 Å². The van der Waals surface area contributed by atoms with E-state index in [2.05, 4.69) is 9.97 Å². The van der Waals surface area contributed by atoms with Gasteiger partial charge in [-0.3, -0.25) is 0 Å². The molecule has 0 aliphatic carbocycles. The molecule has 144 valence electrons. The number of carbonyl (C=O) groups excluding carboxylic acids is 1. The number of esters is 1. The summed E-state index contributed by atoms with van der Waals surface area (Å²) < 4.78 is 7.00. The van der Waals surface area contributed by atoms with Crippen molar-refractivity contribution in [1.29, 1.82) is 0 Å². The molecule has 0 saturated carbocycles. The average molecular weight is 430 g/mol. The molecule has 0 spiro atoms. The summed E-state index contributed by atoms with van der Waals surface area (Å²) in [6.45, 7) is 6.25. The third kappa shape index (κ3) is 5.47. The van der Waals surface area contributed by atoms with Gasteiger partial charge in [-0.25, -0.2) is 9.59 Å². The van der Waals surface area contributed by atoms with E-state index in [1.165, 1.54) is 9.75 Å². The number of aromatic nitrogens is 2. The van der Waals surface area contributed by atoms with E-state index >= 15 is 0 Å². The van der Waals surface area contributed by atoms with E-state index in [1.54, 1.807) is 35.7 Å². The Morgan fingerprint density at radius 3 is 1.86 bits per heavy atom. The first-order valence-electron chi connectivity index (χ1n) is 7.96. The second-order valence-electron chi connectivity index (χ2n) is 5.66. The van der Waals surface area contributed by atoms with Crippen LogP contribution in [-0.4, -0.2) is 39.1 Å². The Morgan fingerprint density at radius 2 is 1.43 bits per heavy atom. The average Bonchev–Trinajstić information content (AvgIpc) is 3.26. The van der Waals surface area contributed by atoms with Gasteiger partial charge in [0.05, 0.1) is 27.0 Å². The number of aromatic amines is 2. The van der Waals surface area contributed by atoms with Gasteiger partial charge in [-0.1, -0.05) is 0 Å². The van der Waals surface area contributed by atoms with Gasteiger partial charge in [0.15, 0.2) is 0 Å². The number of carboxylic acid groups (broad SMARTS) is 1. The Hall–Kier alpha value is -1.62. The number of carbonyl (C=O) groups is 2. The van der Waals surface area contributed by atoms with Crippen LogP contribution in [0.25, 0.3) is 20.4 Å². The maximum atomic E-state index is 11.3. The summed E-state index contributed by atoms with van der Waals surface area (Å²) >= 11 is 3.27. The number of H-pyrrole nitrogens is 2. The third-order valence-corrected chi connectivity index (χ3v) is 5.58. The molecule has 0 radical (unpaired) electrons. The number of aromatic carboxylic acids is 1. The molecule has 0 bridgehead atoms. The molecule has 10 heteroatoms. The van der Waals surface area contributed by atoms with E-state index in [9.17, 15) is 9.59 Å². The first-order chi connectivity index (χ1) is 12.4. The minimum Gasteiger partial charge on any atom is -0.870 e. The molecule has 4 rings (SSSR count). The zero-order valence-corrected chi connectivity index (χ0v) is 19.6. The molecular formula is C18H19N2NaO5S2. The molecule has 0 fully saturated rings. The van der Waals surface area contributed by atoms with Crippen molar-refractivity contribution in [2.75, 3.05) is 6.61 Å². The van der Waals surface area contributed by atoms with Crippen LogP contribution < -0.4 is 29.6 Å². The Morgan fingerprint density at radius 1 is 0.964 bits per heavy atom. The number of fused-ring (bicyclic) bond motifs is 2. The predicted octanol–water partition coefficient (Wildman–Crippen LogP) is 1.78. The molecule has 7 nitrogen and oxygen atoms in total. The monoisotopic (exact) mass is 430 g/mol. The van der Waals surface area contributed by atoms with Crippen molar-refractivity contribution in [3.05, 3.63) is 45.4 Å². The zero-order valence-electron chi connectivity index (χ0n) is 16.0. The molecule has 0 unspecified atom stereocenters. The van der Waals surface area contributed by atoms with Gasteiger partial charge in [0.2, 0.25) is 0 Å². The first-order valence-corrected chi connectivity index (χ1v) is 9.59. The van der Waals surface area contributed by atoms with Crippen LogP contribution in [0.1, 0.15) is 37.7 Å². The summed E-state index contributed by atoms with van der Waals surface area (Å²) in [6, 6.07) is 7.48. The summed E-state index contributed by atoms with van der Waals surface area (Å²) in [5.74, 6) is -1.19.